The number of benzene rings is 1. The Hall–Kier alpha value is -3.23. The molecule has 1 saturated heterocycles. The zero-order valence-corrected chi connectivity index (χ0v) is 26.6. The number of aromatic nitrogens is 4. The molecule has 3 aromatic rings. The minimum absolute atomic E-state index is 0.0747. The van der Waals surface area contributed by atoms with E-state index in [9.17, 15) is 14.5 Å². The molecular weight excluding hydrogens is 601 g/mol. The Balaban J connectivity index is 1.63. The van der Waals surface area contributed by atoms with Crippen LogP contribution in [0.5, 0.6) is 5.75 Å². The van der Waals surface area contributed by atoms with Gasteiger partial charge in [-0.15, -0.1) is 0 Å². The lowest BCUT2D eigenvalue weighted by Crippen LogP contribution is -2.47. The van der Waals surface area contributed by atoms with Crippen LogP contribution in [-0.4, -0.2) is 80.1 Å². The lowest BCUT2D eigenvalue weighted by molar-refractivity contribution is -0.202. The predicted octanol–water partition coefficient (Wildman–Crippen LogP) is 4.40. The van der Waals surface area contributed by atoms with Crippen LogP contribution in [0.15, 0.2) is 36.7 Å². The van der Waals surface area contributed by atoms with Crippen molar-refractivity contribution in [1.29, 1.82) is 0 Å². The Kier molecular flexibility index (Phi) is 9.96. The molecule has 1 aliphatic rings. The van der Waals surface area contributed by atoms with Gasteiger partial charge in [-0.2, -0.15) is 5.09 Å². The number of imidazole rings is 1. The molecular formula is C28H39F2N6O7P. The lowest BCUT2D eigenvalue weighted by Gasteiger charge is -2.28. The number of para-hydroxylation sites is 1. The number of aryl methyl sites for hydroxylation is 1. The van der Waals surface area contributed by atoms with E-state index in [1.807, 2.05) is 18.7 Å². The zero-order valence-electron chi connectivity index (χ0n) is 25.7. The van der Waals surface area contributed by atoms with E-state index in [4.69, 9.17) is 18.5 Å². The Morgan fingerprint density at radius 1 is 1.20 bits per heavy atom. The third-order valence-corrected chi connectivity index (χ3v) is 8.64. The van der Waals surface area contributed by atoms with Crippen LogP contribution < -0.4 is 14.5 Å². The van der Waals surface area contributed by atoms with Crippen LogP contribution >= 0.6 is 7.75 Å². The first-order chi connectivity index (χ1) is 20.6. The minimum Gasteiger partial charge on any atom is -0.462 e. The van der Waals surface area contributed by atoms with Crippen LogP contribution in [0.4, 0.5) is 14.6 Å². The average molecular weight is 641 g/mol. The van der Waals surface area contributed by atoms with E-state index in [0.29, 0.717) is 30.2 Å². The van der Waals surface area contributed by atoms with E-state index in [2.05, 4.69) is 20.0 Å². The monoisotopic (exact) mass is 640 g/mol. The molecule has 4 rings (SSSR count). The van der Waals surface area contributed by atoms with Gasteiger partial charge in [0.15, 0.2) is 35.0 Å². The number of carbonyl (C=O) groups excluding carboxylic acids is 1. The summed E-state index contributed by atoms with van der Waals surface area (Å²) in [6.07, 6.45) is -3.39. The zero-order chi connectivity index (χ0) is 32.4. The Morgan fingerprint density at radius 3 is 2.48 bits per heavy atom. The summed E-state index contributed by atoms with van der Waals surface area (Å²) in [7, 11) is -4.56. The quantitative estimate of drug-likeness (QED) is 0.201. The van der Waals surface area contributed by atoms with E-state index >= 15 is 8.78 Å². The molecule has 0 radical (unpaired) electrons. The SMILES string of the molecule is CCN(CC)c1nc(C)nc2c1ncn2[C@@H]1O[C@](F)(CO[P@@](=O)(N[C@@H](C)C(=O)OC(C)C)Oc2ccccc2)[C@@H](O)[C@@]1(C)F. The fourth-order valence-electron chi connectivity index (χ4n) is 4.79. The van der Waals surface area contributed by atoms with Gasteiger partial charge in [0, 0.05) is 13.1 Å². The smallest absolute Gasteiger partial charge is 0.459 e. The number of nitrogens with one attached hydrogen (secondary N) is 1. The summed E-state index contributed by atoms with van der Waals surface area (Å²) in [5.41, 5.74) is -2.22. The van der Waals surface area contributed by atoms with Crippen LogP contribution in [0.25, 0.3) is 11.2 Å². The number of carbonyl (C=O) groups is 1. The highest BCUT2D eigenvalue weighted by Gasteiger charge is 2.65. The fraction of sp³-hybridized carbons (Fsp3) is 0.571. The van der Waals surface area contributed by atoms with Crippen LogP contribution in [-0.2, 0) is 23.4 Å². The van der Waals surface area contributed by atoms with E-state index < -0.39 is 56.3 Å². The number of ether oxygens (including phenoxy) is 2. The first-order valence-electron chi connectivity index (χ1n) is 14.3. The van der Waals surface area contributed by atoms with Crippen molar-refractivity contribution in [2.24, 2.45) is 0 Å². The van der Waals surface area contributed by atoms with Crippen LogP contribution in [0.3, 0.4) is 0 Å². The molecule has 1 fully saturated rings. The number of hydrogen-bond acceptors (Lipinski definition) is 11. The highest BCUT2D eigenvalue weighted by Crippen LogP contribution is 2.52. The number of aliphatic hydroxyl groups excluding tert-OH is 1. The van der Waals surface area contributed by atoms with Crippen LogP contribution in [0, 0.1) is 6.92 Å². The number of alkyl halides is 2. The van der Waals surface area contributed by atoms with Gasteiger partial charge in [0.05, 0.1) is 12.4 Å². The van der Waals surface area contributed by atoms with Gasteiger partial charge < -0.3 is 24.0 Å². The van der Waals surface area contributed by atoms with Gasteiger partial charge in [0.2, 0.25) is 0 Å². The number of anilines is 1. The highest BCUT2D eigenvalue weighted by atomic mass is 31.2. The molecule has 0 amide bonds. The summed E-state index contributed by atoms with van der Waals surface area (Å²) in [5.74, 6) is -3.03. The largest absolute Gasteiger partial charge is 0.462 e. The normalized spacial score (nSPS) is 25.6. The van der Waals surface area contributed by atoms with Crippen molar-refractivity contribution in [3.05, 3.63) is 42.5 Å². The van der Waals surface area contributed by atoms with Crippen molar-refractivity contribution < 1.29 is 41.8 Å². The number of halogens is 2. The molecule has 0 saturated carbocycles. The molecule has 0 spiro atoms. The molecule has 0 unspecified atom stereocenters. The van der Waals surface area contributed by atoms with E-state index in [1.165, 1.54) is 30.0 Å². The maximum absolute atomic E-state index is 16.4. The Labute approximate surface area is 254 Å². The highest BCUT2D eigenvalue weighted by molar-refractivity contribution is 7.52. The molecule has 6 atom stereocenters. The van der Waals surface area contributed by atoms with E-state index in [-0.39, 0.29) is 11.4 Å². The van der Waals surface area contributed by atoms with Crippen molar-refractivity contribution in [2.45, 2.75) is 84.5 Å². The molecule has 2 N–H and O–H groups in total. The third kappa shape index (κ3) is 6.86. The minimum atomic E-state index is -4.56. The lowest BCUT2D eigenvalue weighted by atomic mass is 9.97. The number of fused-ring (bicyclic) bond motifs is 1. The van der Waals surface area contributed by atoms with E-state index in [1.54, 1.807) is 39.0 Å². The van der Waals surface area contributed by atoms with Gasteiger partial charge >= 0.3 is 13.7 Å². The topological polar surface area (TPSA) is 150 Å². The van der Waals surface area contributed by atoms with Crippen LogP contribution in [0.1, 0.15) is 53.6 Å². The average Bonchev–Trinajstić information content (AvgIpc) is 3.45. The molecule has 1 aliphatic heterocycles. The second kappa shape index (κ2) is 13.0. The Bertz CT molecular complexity index is 1510. The Morgan fingerprint density at radius 2 is 1.86 bits per heavy atom. The second-order valence-corrected chi connectivity index (χ2v) is 12.6. The van der Waals surface area contributed by atoms with Gasteiger partial charge in [-0.3, -0.25) is 13.9 Å². The summed E-state index contributed by atoms with van der Waals surface area (Å²) in [6.45, 7) is 11.1. The van der Waals surface area contributed by atoms with Gasteiger partial charge in [0.25, 0.3) is 5.85 Å². The molecule has 16 heteroatoms. The van der Waals surface area contributed by atoms with Crippen molar-refractivity contribution in [2.75, 3.05) is 24.6 Å². The summed E-state index contributed by atoms with van der Waals surface area (Å²) in [5, 5.41) is 13.3. The molecule has 44 heavy (non-hydrogen) atoms. The van der Waals surface area contributed by atoms with E-state index in [0.717, 1.165) is 6.92 Å². The number of nitrogens with zero attached hydrogens (tertiary/aromatic N) is 5. The number of rotatable bonds is 13. The van der Waals surface area contributed by atoms with Gasteiger partial charge in [-0.1, -0.05) is 18.2 Å². The number of hydrogen-bond donors (Lipinski definition) is 2. The summed E-state index contributed by atoms with van der Waals surface area (Å²) in [4.78, 5) is 27.6. The number of aliphatic hydroxyl groups is 1. The first-order valence-corrected chi connectivity index (χ1v) is 15.9. The second-order valence-electron chi connectivity index (χ2n) is 10.9. The number of esters is 1. The summed E-state index contributed by atoms with van der Waals surface area (Å²) < 4.78 is 69.2. The van der Waals surface area contributed by atoms with Crippen LogP contribution in [0.2, 0.25) is 0 Å². The molecule has 0 aliphatic carbocycles. The fourth-order valence-corrected chi connectivity index (χ4v) is 6.30. The van der Waals surface area contributed by atoms with Crippen molar-refractivity contribution in [3.63, 3.8) is 0 Å². The molecule has 1 aromatic carbocycles. The maximum atomic E-state index is 16.4. The van der Waals surface area contributed by atoms with Crippen molar-refractivity contribution >= 4 is 30.7 Å². The molecule has 2 aromatic heterocycles. The maximum Gasteiger partial charge on any atom is 0.459 e. The predicted molar refractivity (Wildman–Crippen MR) is 158 cm³/mol. The molecule has 13 nitrogen and oxygen atoms in total. The first kappa shape index (κ1) is 33.7. The third-order valence-electron chi connectivity index (χ3n) is 7.02. The molecule has 3 heterocycles. The van der Waals surface area contributed by atoms with Gasteiger partial charge in [0.1, 0.15) is 24.2 Å². The molecule has 0 bridgehead atoms. The summed E-state index contributed by atoms with van der Waals surface area (Å²) >= 11 is 0. The van der Waals surface area contributed by atoms with Gasteiger partial charge in [-0.25, -0.2) is 28.3 Å². The van der Waals surface area contributed by atoms with Crippen molar-refractivity contribution in [3.8, 4) is 5.75 Å². The van der Waals surface area contributed by atoms with Crippen molar-refractivity contribution in [1.82, 2.24) is 24.6 Å². The van der Waals surface area contributed by atoms with Gasteiger partial charge in [-0.05, 0) is 60.6 Å². The summed E-state index contributed by atoms with van der Waals surface area (Å²) in [6, 6.07) is 6.61. The molecule has 242 valence electrons. The standard InChI is InChI=1S/C28H39F2N6O7P/c1-8-35(9-2)22-21-23(33-19(6)32-22)36(16-31-21)26-27(7,29)25(38)28(30,42-26)15-40-44(39,43-20-13-11-10-12-14-20)34-18(5)24(37)41-17(3)4/h10-14,16-18,25-26,38H,8-9,15H2,1-7H3,(H,34,39)/t18-,25-,26+,27+,28+,44-/m0/s1.